The first-order valence-electron chi connectivity index (χ1n) is 9.96. The number of benzene rings is 2. The minimum Gasteiger partial charge on any atom is -0.497 e. The molecule has 0 fully saturated rings. The molecule has 1 N–H and O–H groups in total. The Morgan fingerprint density at radius 2 is 1.84 bits per heavy atom. The highest BCUT2D eigenvalue weighted by Crippen LogP contribution is 2.27. The van der Waals surface area contributed by atoms with Gasteiger partial charge in [-0.05, 0) is 67.4 Å². The lowest BCUT2D eigenvalue weighted by atomic mass is 10.1. The molecule has 4 aromatic rings. The topological polar surface area (TPSA) is 75.3 Å². The van der Waals surface area contributed by atoms with Crippen LogP contribution in [-0.4, -0.2) is 23.0 Å². The third kappa shape index (κ3) is 4.05. The second-order valence-corrected chi connectivity index (χ2v) is 7.42. The van der Waals surface area contributed by atoms with Crippen molar-refractivity contribution >= 4 is 22.5 Å². The summed E-state index contributed by atoms with van der Waals surface area (Å²) in [7, 11) is 1.60. The van der Waals surface area contributed by atoms with Crippen LogP contribution < -0.4 is 15.2 Å². The normalized spacial score (nSPS) is 10.8. The highest BCUT2D eigenvalue weighted by molar-refractivity contribution is 6.06. The van der Waals surface area contributed by atoms with Gasteiger partial charge in [-0.3, -0.25) is 14.6 Å². The molecule has 2 heterocycles. The van der Waals surface area contributed by atoms with Gasteiger partial charge in [0.2, 0.25) is 0 Å². The minimum atomic E-state index is -0.226. The Morgan fingerprint density at radius 1 is 1.06 bits per heavy atom. The fourth-order valence-corrected chi connectivity index (χ4v) is 3.59. The van der Waals surface area contributed by atoms with Crippen molar-refractivity contribution in [3.05, 3.63) is 99.6 Å². The van der Waals surface area contributed by atoms with Gasteiger partial charge in [0.05, 0.1) is 13.7 Å². The van der Waals surface area contributed by atoms with Crippen LogP contribution in [0.25, 0.3) is 10.9 Å². The Kier molecular flexibility index (Phi) is 5.54. The number of methoxy groups -OCH3 is 1. The number of carbonyl (C=O) groups is 1. The van der Waals surface area contributed by atoms with Gasteiger partial charge < -0.3 is 14.6 Å². The van der Waals surface area contributed by atoms with Gasteiger partial charge in [-0.25, -0.2) is 0 Å². The first-order valence-corrected chi connectivity index (χ1v) is 9.96. The molecule has 4 rings (SSSR count). The molecule has 156 valence electrons. The van der Waals surface area contributed by atoms with Gasteiger partial charge in [-0.15, -0.1) is 0 Å². The van der Waals surface area contributed by atoms with E-state index < -0.39 is 0 Å². The van der Waals surface area contributed by atoms with Crippen molar-refractivity contribution < 1.29 is 9.53 Å². The first kappa shape index (κ1) is 20.3. The quantitative estimate of drug-likeness (QED) is 0.526. The van der Waals surface area contributed by atoms with Crippen LogP contribution in [0.3, 0.4) is 0 Å². The number of anilines is 1. The van der Waals surface area contributed by atoms with E-state index in [4.69, 9.17) is 4.74 Å². The van der Waals surface area contributed by atoms with Gasteiger partial charge >= 0.3 is 0 Å². The molecule has 31 heavy (non-hydrogen) atoms. The Bertz CT molecular complexity index is 1310. The third-order valence-corrected chi connectivity index (χ3v) is 5.50. The molecule has 0 aliphatic carbocycles. The number of pyridine rings is 2. The number of aromatic nitrogens is 2. The summed E-state index contributed by atoms with van der Waals surface area (Å²) in [6.45, 7) is 4.12. The lowest BCUT2D eigenvalue weighted by molar-refractivity contribution is 0.0985. The number of aryl methyl sites for hydroxylation is 1. The Labute approximate surface area is 180 Å². The minimum absolute atomic E-state index is 0.133. The van der Waals surface area contributed by atoms with Gasteiger partial charge in [0, 0.05) is 40.1 Å². The molecular weight excluding hydrogens is 390 g/mol. The molecule has 0 radical (unpaired) electrons. The number of hydrogen-bond acceptors (Lipinski definition) is 4. The number of hydrogen-bond donors (Lipinski definition) is 1. The molecule has 0 atom stereocenters. The van der Waals surface area contributed by atoms with Crippen molar-refractivity contribution in [1.29, 1.82) is 0 Å². The fourth-order valence-electron chi connectivity index (χ4n) is 3.59. The Balaban J connectivity index is 1.83. The van der Waals surface area contributed by atoms with Crippen molar-refractivity contribution in [3.8, 4) is 5.75 Å². The van der Waals surface area contributed by atoms with Crippen molar-refractivity contribution in [3.63, 3.8) is 0 Å². The molecular formula is C25H23N3O3. The zero-order valence-electron chi connectivity index (χ0n) is 17.7. The van der Waals surface area contributed by atoms with E-state index in [2.05, 4.69) is 9.97 Å². The monoisotopic (exact) mass is 413 g/mol. The molecule has 6 nitrogen and oxygen atoms in total. The van der Waals surface area contributed by atoms with Gasteiger partial charge in [-0.2, -0.15) is 0 Å². The molecule has 2 aromatic heterocycles. The fraction of sp³-hybridized carbons (Fsp3) is 0.160. The maximum Gasteiger partial charge on any atom is 0.258 e. The van der Waals surface area contributed by atoms with Crippen LogP contribution in [0, 0.1) is 13.8 Å². The number of rotatable bonds is 5. The van der Waals surface area contributed by atoms with E-state index in [1.807, 2.05) is 50.2 Å². The first-order chi connectivity index (χ1) is 15.0. The number of H-pyrrole nitrogens is 1. The maximum absolute atomic E-state index is 13.5. The van der Waals surface area contributed by atoms with E-state index in [9.17, 15) is 9.59 Å². The van der Waals surface area contributed by atoms with Crippen molar-refractivity contribution in [2.75, 3.05) is 12.0 Å². The van der Waals surface area contributed by atoms with E-state index >= 15 is 0 Å². The summed E-state index contributed by atoms with van der Waals surface area (Å²) in [6, 6.07) is 16.5. The van der Waals surface area contributed by atoms with Crippen molar-refractivity contribution in [1.82, 2.24) is 9.97 Å². The summed E-state index contributed by atoms with van der Waals surface area (Å²) < 4.78 is 5.31. The summed E-state index contributed by atoms with van der Waals surface area (Å²) in [6.07, 6.45) is 3.17. The zero-order chi connectivity index (χ0) is 22.0. The third-order valence-electron chi connectivity index (χ3n) is 5.50. The van der Waals surface area contributed by atoms with E-state index in [-0.39, 0.29) is 18.0 Å². The van der Waals surface area contributed by atoms with Crippen LogP contribution in [0.5, 0.6) is 5.75 Å². The number of ether oxygens (including phenoxy) is 1. The number of nitrogens with zero attached hydrogens (tertiary/aromatic N) is 2. The number of nitrogens with one attached hydrogen (secondary N) is 1. The molecule has 2 aromatic carbocycles. The molecule has 1 amide bonds. The molecule has 6 heteroatoms. The molecule has 0 aliphatic heterocycles. The van der Waals surface area contributed by atoms with Crippen LogP contribution in [-0.2, 0) is 6.54 Å². The van der Waals surface area contributed by atoms with Gasteiger partial charge in [0.1, 0.15) is 5.75 Å². The smallest absolute Gasteiger partial charge is 0.258 e. The largest absolute Gasteiger partial charge is 0.497 e. The summed E-state index contributed by atoms with van der Waals surface area (Å²) in [5.41, 5.74) is 4.32. The molecule has 0 spiro atoms. The lowest BCUT2D eigenvalue weighted by Gasteiger charge is -2.25. The molecule has 0 bridgehead atoms. The zero-order valence-corrected chi connectivity index (χ0v) is 17.7. The molecule has 0 unspecified atom stereocenters. The van der Waals surface area contributed by atoms with Gasteiger partial charge in [-0.1, -0.05) is 12.1 Å². The second kappa shape index (κ2) is 8.44. The van der Waals surface area contributed by atoms with Gasteiger partial charge in [0.25, 0.3) is 11.5 Å². The Hall–Kier alpha value is -3.93. The number of fused-ring (bicyclic) bond motifs is 1. The Morgan fingerprint density at radius 3 is 2.58 bits per heavy atom. The molecule has 0 saturated heterocycles. The second-order valence-electron chi connectivity index (χ2n) is 7.42. The van der Waals surface area contributed by atoms with E-state index in [1.54, 1.807) is 42.6 Å². The number of aromatic amines is 1. The van der Waals surface area contributed by atoms with Gasteiger partial charge in [0.15, 0.2) is 0 Å². The van der Waals surface area contributed by atoms with Crippen LogP contribution >= 0.6 is 0 Å². The van der Waals surface area contributed by atoms with Crippen LogP contribution in [0.2, 0.25) is 0 Å². The average Bonchev–Trinajstić information content (AvgIpc) is 2.79. The van der Waals surface area contributed by atoms with E-state index in [0.717, 1.165) is 22.2 Å². The van der Waals surface area contributed by atoms with Crippen molar-refractivity contribution in [2.45, 2.75) is 20.4 Å². The standard InChI is InChI=1S/C25H23N3O3/c1-16-5-4-6-23(17(16)2)28(25(30)18-9-11-26-12-10-18)15-20-13-19-14-21(31-3)7-8-22(19)27-24(20)29/h4-14H,15H2,1-3H3,(H,27,29). The number of carbonyl (C=O) groups excluding carboxylic acids is 1. The SMILES string of the molecule is COc1ccc2[nH]c(=O)c(CN(C(=O)c3ccncc3)c3cccc(C)c3C)cc2c1. The lowest BCUT2D eigenvalue weighted by Crippen LogP contribution is -2.33. The highest BCUT2D eigenvalue weighted by atomic mass is 16.5. The summed E-state index contributed by atoms with van der Waals surface area (Å²) in [5.74, 6) is 0.506. The van der Waals surface area contributed by atoms with Crippen LogP contribution in [0.15, 0.2) is 71.8 Å². The summed E-state index contributed by atoms with van der Waals surface area (Å²) in [5, 5.41) is 0.839. The van der Waals surface area contributed by atoms with E-state index in [1.165, 1.54) is 0 Å². The van der Waals surface area contributed by atoms with Crippen molar-refractivity contribution in [2.24, 2.45) is 0 Å². The van der Waals surface area contributed by atoms with Crippen LogP contribution in [0.4, 0.5) is 5.69 Å². The molecule has 0 aliphatic rings. The average molecular weight is 413 g/mol. The summed E-state index contributed by atoms with van der Waals surface area (Å²) >= 11 is 0. The highest BCUT2D eigenvalue weighted by Gasteiger charge is 2.21. The predicted molar refractivity (Wildman–Crippen MR) is 122 cm³/mol. The molecule has 0 saturated carbocycles. The maximum atomic E-state index is 13.5. The summed E-state index contributed by atoms with van der Waals surface area (Å²) in [4.78, 5) is 34.8. The van der Waals surface area contributed by atoms with E-state index in [0.29, 0.717) is 22.4 Å². The van der Waals surface area contributed by atoms with Crippen LogP contribution in [0.1, 0.15) is 27.0 Å². The predicted octanol–water partition coefficient (Wildman–Crippen LogP) is 4.40. The number of amides is 1.